The molecule has 0 aromatic heterocycles. The van der Waals surface area contributed by atoms with E-state index >= 15 is 0 Å². The SMILES string of the molecule is CCN1CCC(NC(C)C2(C)CC2)CC1. The van der Waals surface area contributed by atoms with Crippen LogP contribution in [0.1, 0.15) is 46.5 Å². The predicted octanol–water partition coefficient (Wildman–Crippen LogP) is 2.25. The molecule has 2 fully saturated rings. The van der Waals surface area contributed by atoms with Gasteiger partial charge in [0, 0.05) is 12.1 Å². The van der Waals surface area contributed by atoms with Crippen molar-refractivity contribution in [1.29, 1.82) is 0 Å². The van der Waals surface area contributed by atoms with Crippen LogP contribution in [0.15, 0.2) is 0 Å². The van der Waals surface area contributed by atoms with Gasteiger partial charge in [-0.2, -0.15) is 0 Å². The Bertz CT molecular complexity index is 203. The molecule has 88 valence electrons. The van der Waals surface area contributed by atoms with E-state index in [2.05, 4.69) is 31.0 Å². The quantitative estimate of drug-likeness (QED) is 0.765. The Hall–Kier alpha value is -0.0800. The molecule has 1 aliphatic heterocycles. The highest BCUT2D eigenvalue weighted by Gasteiger charge is 2.43. The standard InChI is InChI=1S/C13H26N2/c1-4-15-9-5-12(6-10-15)14-11(2)13(3)7-8-13/h11-12,14H,4-10H2,1-3H3. The van der Waals surface area contributed by atoms with Gasteiger partial charge in [-0.1, -0.05) is 13.8 Å². The first kappa shape index (κ1) is 11.4. The van der Waals surface area contributed by atoms with E-state index in [0.717, 1.165) is 12.1 Å². The van der Waals surface area contributed by atoms with Crippen molar-refractivity contribution in [1.82, 2.24) is 10.2 Å². The van der Waals surface area contributed by atoms with Gasteiger partial charge in [-0.25, -0.2) is 0 Å². The summed E-state index contributed by atoms with van der Waals surface area (Å²) in [5, 5.41) is 3.84. The van der Waals surface area contributed by atoms with E-state index in [0.29, 0.717) is 5.41 Å². The zero-order chi connectivity index (χ0) is 10.9. The minimum atomic E-state index is 0.627. The Labute approximate surface area is 94.4 Å². The van der Waals surface area contributed by atoms with E-state index in [1.807, 2.05) is 0 Å². The third kappa shape index (κ3) is 2.73. The van der Waals surface area contributed by atoms with Crippen molar-refractivity contribution in [3.8, 4) is 0 Å². The first-order chi connectivity index (χ1) is 7.14. The van der Waals surface area contributed by atoms with E-state index in [9.17, 15) is 0 Å². The fourth-order valence-corrected chi connectivity index (χ4v) is 2.60. The lowest BCUT2D eigenvalue weighted by Crippen LogP contribution is -2.47. The highest BCUT2D eigenvalue weighted by Crippen LogP contribution is 2.48. The van der Waals surface area contributed by atoms with Crippen LogP contribution in [-0.2, 0) is 0 Å². The summed E-state index contributed by atoms with van der Waals surface area (Å²) in [5.74, 6) is 0. The van der Waals surface area contributed by atoms with Crippen molar-refractivity contribution >= 4 is 0 Å². The summed E-state index contributed by atoms with van der Waals surface area (Å²) in [4.78, 5) is 2.56. The van der Waals surface area contributed by atoms with E-state index in [1.165, 1.54) is 45.3 Å². The Morgan fingerprint density at radius 1 is 1.33 bits per heavy atom. The van der Waals surface area contributed by atoms with Crippen molar-refractivity contribution < 1.29 is 0 Å². The fourth-order valence-electron chi connectivity index (χ4n) is 2.60. The molecule has 0 radical (unpaired) electrons. The number of nitrogens with one attached hydrogen (secondary N) is 1. The molecule has 2 rings (SSSR count). The second kappa shape index (κ2) is 4.42. The molecule has 1 saturated heterocycles. The maximum Gasteiger partial charge on any atom is 0.00951 e. The molecule has 2 aliphatic rings. The Kier molecular flexibility index (Phi) is 3.36. The molecule has 15 heavy (non-hydrogen) atoms. The average Bonchev–Trinajstić information content (AvgIpc) is 2.99. The number of hydrogen-bond acceptors (Lipinski definition) is 2. The highest BCUT2D eigenvalue weighted by atomic mass is 15.1. The van der Waals surface area contributed by atoms with Crippen molar-refractivity contribution in [3.05, 3.63) is 0 Å². The maximum absolute atomic E-state index is 3.84. The van der Waals surface area contributed by atoms with Crippen molar-refractivity contribution in [3.63, 3.8) is 0 Å². The molecular formula is C13H26N2. The molecule has 0 amide bonds. The number of hydrogen-bond donors (Lipinski definition) is 1. The molecule has 2 nitrogen and oxygen atoms in total. The van der Waals surface area contributed by atoms with Gasteiger partial charge in [0.1, 0.15) is 0 Å². The summed E-state index contributed by atoms with van der Waals surface area (Å²) in [6.07, 6.45) is 5.53. The molecular weight excluding hydrogens is 184 g/mol. The molecule has 1 N–H and O–H groups in total. The van der Waals surface area contributed by atoms with Crippen LogP contribution in [0.4, 0.5) is 0 Å². The topological polar surface area (TPSA) is 15.3 Å². The minimum Gasteiger partial charge on any atom is -0.311 e. The minimum absolute atomic E-state index is 0.627. The lowest BCUT2D eigenvalue weighted by molar-refractivity contribution is 0.190. The van der Waals surface area contributed by atoms with Crippen molar-refractivity contribution in [2.24, 2.45) is 5.41 Å². The van der Waals surface area contributed by atoms with Gasteiger partial charge in [0.2, 0.25) is 0 Å². The summed E-state index contributed by atoms with van der Waals surface area (Å²) in [7, 11) is 0. The van der Waals surface area contributed by atoms with Gasteiger partial charge in [0.25, 0.3) is 0 Å². The van der Waals surface area contributed by atoms with Crippen LogP contribution in [0.2, 0.25) is 0 Å². The van der Waals surface area contributed by atoms with Crippen LogP contribution in [0.25, 0.3) is 0 Å². The Morgan fingerprint density at radius 3 is 2.40 bits per heavy atom. The van der Waals surface area contributed by atoms with Crippen molar-refractivity contribution in [2.75, 3.05) is 19.6 Å². The highest BCUT2D eigenvalue weighted by molar-refractivity contribution is 4.98. The largest absolute Gasteiger partial charge is 0.311 e. The average molecular weight is 210 g/mol. The number of likely N-dealkylation sites (tertiary alicyclic amines) is 1. The first-order valence-electron chi connectivity index (χ1n) is 6.62. The number of piperidine rings is 1. The van der Waals surface area contributed by atoms with Crippen LogP contribution in [0, 0.1) is 5.41 Å². The lowest BCUT2D eigenvalue weighted by Gasteiger charge is -2.34. The second-order valence-electron chi connectivity index (χ2n) is 5.75. The molecule has 1 saturated carbocycles. The summed E-state index contributed by atoms with van der Waals surface area (Å²) < 4.78 is 0. The summed E-state index contributed by atoms with van der Waals surface area (Å²) in [6, 6.07) is 1.50. The van der Waals surface area contributed by atoms with E-state index in [-0.39, 0.29) is 0 Å². The zero-order valence-electron chi connectivity index (χ0n) is 10.6. The van der Waals surface area contributed by atoms with Crippen LogP contribution in [0.3, 0.4) is 0 Å². The molecule has 0 aromatic carbocycles. The number of rotatable bonds is 4. The van der Waals surface area contributed by atoms with Crippen LogP contribution < -0.4 is 5.32 Å². The third-order valence-electron chi connectivity index (χ3n) is 4.60. The summed E-state index contributed by atoms with van der Waals surface area (Å²) >= 11 is 0. The van der Waals surface area contributed by atoms with Gasteiger partial charge < -0.3 is 10.2 Å². The third-order valence-corrected chi connectivity index (χ3v) is 4.60. The van der Waals surface area contributed by atoms with Gasteiger partial charge in [0.15, 0.2) is 0 Å². The zero-order valence-corrected chi connectivity index (χ0v) is 10.6. The summed E-state index contributed by atoms with van der Waals surface area (Å²) in [5.41, 5.74) is 0.627. The van der Waals surface area contributed by atoms with E-state index in [4.69, 9.17) is 0 Å². The monoisotopic (exact) mass is 210 g/mol. The molecule has 1 unspecified atom stereocenters. The molecule has 0 aromatic rings. The van der Waals surface area contributed by atoms with E-state index in [1.54, 1.807) is 0 Å². The molecule has 1 aliphatic carbocycles. The van der Waals surface area contributed by atoms with Crippen molar-refractivity contribution in [2.45, 2.75) is 58.5 Å². The normalized spacial score (nSPS) is 29.0. The second-order valence-corrected chi connectivity index (χ2v) is 5.75. The summed E-state index contributed by atoms with van der Waals surface area (Å²) in [6.45, 7) is 10.9. The molecule has 1 atom stereocenters. The maximum atomic E-state index is 3.84. The first-order valence-corrected chi connectivity index (χ1v) is 6.62. The molecule has 0 bridgehead atoms. The molecule has 0 spiro atoms. The van der Waals surface area contributed by atoms with E-state index < -0.39 is 0 Å². The fraction of sp³-hybridized carbons (Fsp3) is 1.00. The smallest absolute Gasteiger partial charge is 0.00951 e. The predicted molar refractivity (Wildman–Crippen MR) is 65.1 cm³/mol. The van der Waals surface area contributed by atoms with Crippen LogP contribution in [-0.4, -0.2) is 36.6 Å². The van der Waals surface area contributed by atoms with Crippen LogP contribution in [0.5, 0.6) is 0 Å². The van der Waals surface area contributed by atoms with Gasteiger partial charge in [-0.3, -0.25) is 0 Å². The Morgan fingerprint density at radius 2 is 1.93 bits per heavy atom. The van der Waals surface area contributed by atoms with Gasteiger partial charge in [0.05, 0.1) is 0 Å². The molecule has 1 heterocycles. The number of nitrogens with zero attached hydrogens (tertiary/aromatic N) is 1. The Balaban J connectivity index is 1.72. The van der Waals surface area contributed by atoms with Gasteiger partial charge in [-0.15, -0.1) is 0 Å². The van der Waals surface area contributed by atoms with Gasteiger partial charge in [-0.05, 0) is 57.7 Å². The lowest BCUT2D eigenvalue weighted by atomic mass is 9.97. The molecule has 2 heteroatoms. The van der Waals surface area contributed by atoms with Gasteiger partial charge >= 0.3 is 0 Å². The van der Waals surface area contributed by atoms with Crippen LogP contribution >= 0.6 is 0 Å².